The molecule has 292 valence electrons. The van der Waals surface area contributed by atoms with E-state index in [2.05, 4.69) is 26.3 Å². The van der Waals surface area contributed by atoms with E-state index < -0.39 is 72.1 Å². The van der Waals surface area contributed by atoms with Crippen molar-refractivity contribution in [1.82, 2.24) is 26.3 Å². The zero-order valence-corrected chi connectivity index (χ0v) is 30.8. The number of carboxylic acids is 1. The second kappa shape index (κ2) is 19.8. The van der Waals surface area contributed by atoms with Gasteiger partial charge in [-0.2, -0.15) is 11.8 Å². The number of aromatic hydroxyl groups is 2. The van der Waals surface area contributed by atoms with Gasteiger partial charge in [0.2, 0.25) is 29.5 Å². The Kier molecular flexibility index (Phi) is 15.0. The number of aromatic amines is 1. The van der Waals surface area contributed by atoms with Gasteiger partial charge in [-0.15, -0.1) is 0 Å². The number of hydrogen-bond donors (Lipinski definition) is 10. The Bertz CT molecular complexity index is 1970. The molecule has 12 N–H and O–H groups in total. The number of phenols is 2. The number of aromatic nitrogens is 1. The summed E-state index contributed by atoms with van der Waals surface area (Å²) >= 11 is 1.40. The van der Waals surface area contributed by atoms with E-state index in [1.165, 1.54) is 48.2 Å². The normalized spacial score (nSPS) is 13.8. The van der Waals surface area contributed by atoms with Crippen molar-refractivity contribution in [3.05, 3.63) is 95.7 Å². The molecule has 0 aliphatic carbocycles. The third-order valence-corrected chi connectivity index (χ3v) is 9.38. The number of aliphatic carboxylic acids is 1. The van der Waals surface area contributed by atoms with Crippen molar-refractivity contribution in [3.63, 3.8) is 0 Å². The van der Waals surface area contributed by atoms with Gasteiger partial charge in [-0.05, 0) is 65.5 Å². The van der Waals surface area contributed by atoms with Gasteiger partial charge in [-0.1, -0.05) is 42.5 Å². The molecular formula is C38H45N7O9S. The van der Waals surface area contributed by atoms with E-state index in [1.807, 2.05) is 24.3 Å². The molecule has 5 amide bonds. The van der Waals surface area contributed by atoms with Gasteiger partial charge in [0.05, 0.1) is 12.5 Å². The van der Waals surface area contributed by atoms with Gasteiger partial charge < -0.3 is 53.0 Å². The van der Waals surface area contributed by atoms with Crippen LogP contribution in [0.2, 0.25) is 0 Å². The number of fused-ring (bicyclic) bond motifs is 1. The number of carbonyl (C=O) groups excluding carboxylic acids is 5. The lowest BCUT2D eigenvalue weighted by molar-refractivity contribution is -0.142. The lowest BCUT2D eigenvalue weighted by atomic mass is 10.0. The average molecular weight is 776 g/mol. The molecule has 0 saturated heterocycles. The number of nitrogens with two attached hydrogens (primary N) is 2. The summed E-state index contributed by atoms with van der Waals surface area (Å²) in [4.78, 5) is 81.6. The van der Waals surface area contributed by atoms with Crippen molar-refractivity contribution in [2.45, 2.75) is 62.3 Å². The summed E-state index contributed by atoms with van der Waals surface area (Å²) in [5.74, 6) is -4.90. The fourth-order valence-electron chi connectivity index (χ4n) is 5.78. The van der Waals surface area contributed by atoms with Gasteiger partial charge in [0.25, 0.3) is 0 Å². The van der Waals surface area contributed by atoms with E-state index in [0.717, 1.165) is 10.9 Å². The fraction of sp³-hybridized carbons (Fsp3) is 0.316. The number of carbonyl (C=O) groups is 6. The van der Waals surface area contributed by atoms with Gasteiger partial charge in [0, 0.05) is 36.4 Å². The molecule has 0 unspecified atom stereocenters. The van der Waals surface area contributed by atoms with Crippen molar-refractivity contribution in [3.8, 4) is 11.5 Å². The highest BCUT2D eigenvalue weighted by molar-refractivity contribution is 7.98. The maximum absolute atomic E-state index is 14.2. The third-order valence-electron chi connectivity index (χ3n) is 8.73. The standard InChI is InChI=1S/C38H45N7O9S/c1-55-15-14-29(35(50)45-32(38(53)54)17-22-8-12-25(47)13-9-22)42-37(52)31(18-23-20-41-28-5-3-2-4-26(23)28)44-36(51)30(16-21-6-10-24(46)11-7-21)43-34(49)27(39)19-33(40)48/h2-13,20,27,29-32,41,46-47H,14-19,39H2,1H3,(H2,40,48)(H,42,52)(H,43,49)(H,44,51)(H,45,50)(H,53,54)/t27-,29-,30-,31-,32-/m0/s1. The summed E-state index contributed by atoms with van der Waals surface area (Å²) in [7, 11) is 0. The number of amides is 5. The van der Waals surface area contributed by atoms with Crippen LogP contribution < -0.4 is 32.7 Å². The minimum Gasteiger partial charge on any atom is -0.508 e. The summed E-state index contributed by atoms with van der Waals surface area (Å²) < 4.78 is 0. The van der Waals surface area contributed by atoms with Gasteiger partial charge in [-0.25, -0.2) is 4.79 Å². The Morgan fingerprint density at radius 1 is 0.691 bits per heavy atom. The first-order valence-electron chi connectivity index (χ1n) is 17.3. The monoisotopic (exact) mass is 775 g/mol. The second-order valence-electron chi connectivity index (χ2n) is 12.9. The molecule has 0 fully saturated rings. The Balaban J connectivity index is 1.62. The third kappa shape index (κ3) is 12.5. The highest BCUT2D eigenvalue weighted by Gasteiger charge is 2.33. The average Bonchev–Trinajstić information content (AvgIpc) is 3.56. The molecule has 0 spiro atoms. The second-order valence-corrected chi connectivity index (χ2v) is 13.9. The molecule has 55 heavy (non-hydrogen) atoms. The molecule has 17 heteroatoms. The minimum absolute atomic E-state index is 0.00509. The molecule has 4 aromatic rings. The van der Waals surface area contributed by atoms with E-state index in [-0.39, 0.29) is 37.2 Å². The van der Waals surface area contributed by atoms with Crippen LogP contribution in [-0.2, 0) is 48.0 Å². The van der Waals surface area contributed by atoms with Crippen LogP contribution in [0, 0.1) is 0 Å². The highest BCUT2D eigenvalue weighted by atomic mass is 32.2. The molecule has 0 saturated carbocycles. The van der Waals surface area contributed by atoms with Crippen LogP contribution in [0.1, 0.15) is 29.5 Å². The van der Waals surface area contributed by atoms with Crippen LogP contribution in [0.25, 0.3) is 10.9 Å². The van der Waals surface area contributed by atoms with E-state index >= 15 is 0 Å². The lowest BCUT2D eigenvalue weighted by Gasteiger charge is -2.26. The molecular weight excluding hydrogens is 731 g/mol. The Labute approximate surface area is 320 Å². The predicted octanol–water partition coefficient (Wildman–Crippen LogP) is 0.587. The first-order chi connectivity index (χ1) is 26.2. The number of rotatable bonds is 20. The zero-order valence-electron chi connectivity index (χ0n) is 30.0. The lowest BCUT2D eigenvalue weighted by Crippen LogP contribution is -2.59. The molecule has 5 atom stereocenters. The van der Waals surface area contributed by atoms with Gasteiger partial charge >= 0.3 is 5.97 Å². The molecule has 3 aromatic carbocycles. The van der Waals surface area contributed by atoms with Crippen molar-refractivity contribution in [1.29, 1.82) is 0 Å². The number of hydrogen-bond acceptors (Lipinski definition) is 10. The van der Waals surface area contributed by atoms with Crippen LogP contribution in [0.4, 0.5) is 0 Å². The molecule has 4 rings (SSSR count). The predicted molar refractivity (Wildman–Crippen MR) is 206 cm³/mol. The first kappa shape index (κ1) is 41.7. The minimum atomic E-state index is -1.36. The smallest absolute Gasteiger partial charge is 0.326 e. The van der Waals surface area contributed by atoms with E-state index in [1.54, 1.807) is 24.6 Å². The Morgan fingerprint density at radius 3 is 1.75 bits per heavy atom. The van der Waals surface area contributed by atoms with Crippen LogP contribution in [-0.4, -0.2) is 98.0 Å². The van der Waals surface area contributed by atoms with Crippen LogP contribution in [0.15, 0.2) is 79.0 Å². The van der Waals surface area contributed by atoms with Crippen LogP contribution in [0.3, 0.4) is 0 Å². The Morgan fingerprint density at radius 2 is 1.18 bits per heavy atom. The number of H-pyrrole nitrogens is 1. The molecule has 0 aliphatic rings. The molecule has 1 heterocycles. The summed E-state index contributed by atoms with van der Waals surface area (Å²) in [6, 6.07) is 12.5. The highest BCUT2D eigenvalue weighted by Crippen LogP contribution is 2.20. The van der Waals surface area contributed by atoms with Crippen molar-refractivity contribution < 1.29 is 44.1 Å². The topological polar surface area (TPSA) is 279 Å². The molecule has 0 radical (unpaired) electrons. The number of primary amides is 1. The number of nitrogens with one attached hydrogen (secondary N) is 5. The quantitative estimate of drug-likeness (QED) is 0.0593. The summed E-state index contributed by atoms with van der Waals surface area (Å²) in [6.07, 6.45) is 2.88. The molecule has 0 bridgehead atoms. The maximum Gasteiger partial charge on any atom is 0.326 e. The van der Waals surface area contributed by atoms with Gasteiger partial charge in [-0.3, -0.25) is 24.0 Å². The van der Waals surface area contributed by atoms with E-state index in [4.69, 9.17) is 11.5 Å². The number of thioether (sulfide) groups is 1. The molecule has 1 aromatic heterocycles. The number of phenolic OH excluding ortho intramolecular Hbond substituents is 2. The van der Waals surface area contributed by atoms with Crippen molar-refractivity contribution in [2.75, 3.05) is 12.0 Å². The molecule has 0 aliphatic heterocycles. The largest absolute Gasteiger partial charge is 0.508 e. The number of para-hydroxylation sites is 1. The van der Waals surface area contributed by atoms with E-state index in [9.17, 15) is 44.1 Å². The van der Waals surface area contributed by atoms with E-state index in [0.29, 0.717) is 22.4 Å². The van der Waals surface area contributed by atoms with Crippen LogP contribution in [0.5, 0.6) is 11.5 Å². The zero-order chi connectivity index (χ0) is 40.1. The van der Waals surface area contributed by atoms with Crippen molar-refractivity contribution in [2.24, 2.45) is 11.5 Å². The number of carboxylic acid groups (broad SMARTS) is 1. The first-order valence-corrected chi connectivity index (χ1v) is 18.7. The maximum atomic E-state index is 14.2. The fourth-order valence-corrected chi connectivity index (χ4v) is 6.26. The SMILES string of the molecule is CSCC[C@H](NC(=O)[C@H](Cc1c[nH]c2ccccc12)NC(=O)[C@H](Cc1ccc(O)cc1)NC(=O)[C@@H](N)CC(N)=O)C(=O)N[C@@H](Cc1ccc(O)cc1)C(=O)O. The van der Waals surface area contributed by atoms with Gasteiger partial charge in [0.1, 0.15) is 35.7 Å². The van der Waals surface area contributed by atoms with Crippen LogP contribution >= 0.6 is 11.8 Å². The molecule has 16 nitrogen and oxygen atoms in total. The van der Waals surface area contributed by atoms with Gasteiger partial charge in [0.15, 0.2) is 0 Å². The summed E-state index contributed by atoms with van der Waals surface area (Å²) in [5, 5.41) is 40.6. The summed E-state index contributed by atoms with van der Waals surface area (Å²) in [5.41, 5.74) is 13.6. The van der Waals surface area contributed by atoms with Crippen molar-refractivity contribution >= 4 is 58.2 Å². The summed E-state index contributed by atoms with van der Waals surface area (Å²) in [6.45, 7) is 0. The Hall–Kier alpha value is -6.07. The number of benzene rings is 3.